The molecule has 2 aliphatic rings. The van der Waals surface area contributed by atoms with Crippen molar-refractivity contribution in [2.75, 3.05) is 26.2 Å². The fourth-order valence-corrected chi connectivity index (χ4v) is 2.94. The van der Waals surface area contributed by atoms with Crippen LogP contribution >= 0.6 is 0 Å². The first-order valence-corrected chi connectivity index (χ1v) is 7.02. The quantitative estimate of drug-likeness (QED) is 0.766. The van der Waals surface area contributed by atoms with Gasteiger partial charge in [0.15, 0.2) is 0 Å². The highest BCUT2D eigenvalue weighted by Gasteiger charge is 2.33. The van der Waals surface area contributed by atoms with Gasteiger partial charge in [0.2, 0.25) is 5.91 Å². The average Bonchev–Trinajstić information content (AvgIpc) is 2.88. The lowest BCUT2D eigenvalue weighted by molar-refractivity contribution is -0.138. The Kier molecular flexibility index (Phi) is 4.46. The molecule has 0 aromatic carbocycles. The van der Waals surface area contributed by atoms with Gasteiger partial charge in [0.05, 0.1) is 5.92 Å². The zero-order valence-corrected chi connectivity index (χ0v) is 11.5. The number of carboxylic acids is 1. The fraction of sp³-hybridized carbons (Fsp3) is 0.769. The number of nitrogens with two attached hydrogens (primary N) is 1. The summed E-state index contributed by atoms with van der Waals surface area (Å²) in [5, 5.41) is 8.76. The Labute approximate surface area is 117 Å². The predicted molar refractivity (Wildman–Crippen MR) is 70.8 cm³/mol. The third-order valence-corrected chi connectivity index (χ3v) is 4.21. The molecule has 0 radical (unpaired) electrons. The van der Waals surface area contributed by atoms with Gasteiger partial charge in [-0.1, -0.05) is 0 Å². The monoisotopic (exact) mass is 283 g/mol. The van der Waals surface area contributed by atoms with Gasteiger partial charge in [0.25, 0.3) is 0 Å². The summed E-state index contributed by atoms with van der Waals surface area (Å²) in [6.45, 7) is 2.16. The molecule has 112 valence electrons. The zero-order chi connectivity index (χ0) is 14.7. The maximum absolute atomic E-state index is 12.3. The molecule has 0 aromatic heterocycles. The average molecular weight is 283 g/mol. The van der Waals surface area contributed by atoms with Crippen LogP contribution < -0.4 is 5.73 Å². The van der Waals surface area contributed by atoms with E-state index in [1.807, 2.05) is 0 Å². The molecule has 2 aliphatic heterocycles. The Morgan fingerprint density at radius 2 is 1.65 bits per heavy atom. The Morgan fingerprint density at radius 3 is 2.15 bits per heavy atom. The van der Waals surface area contributed by atoms with E-state index in [4.69, 9.17) is 10.8 Å². The molecule has 0 saturated carbocycles. The van der Waals surface area contributed by atoms with E-state index in [1.54, 1.807) is 9.80 Å². The van der Waals surface area contributed by atoms with Crippen LogP contribution in [-0.2, 0) is 9.59 Å². The highest BCUT2D eigenvalue weighted by molar-refractivity contribution is 5.80. The van der Waals surface area contributed by atoms with Gasteiger partial charge in [0, 0.05) is 32.6 Å². The Balaban J connectivity index is 1.80. The Morgan fingerprint density at radius 1 is 1.05 bits per heavy atom. The van der Waals surface area contributed by atoms with Crippen LogP contribution in [0.2, 0.25) is 0 Å². The van der Waals surface area contributed by atoms with E-state index in [1.165, 1.54) is 0 Å². The lowest BCUT2D eigenvalue weighted by Gasteiger charge is -2.34. The summed E-state index contributed by atoms with van der Waals surface area (Å²) >= 11 is 0. The number of nitrogens with zero attached hydrogens (tertiary/aromatic N) is 2. The van der Waals surface area contributed by atoms with Crippen molar-refractivity contribution in [3.8, 4) is 0 Å². The number of urea groups is 1. The summed E-state index contributed by atoms with van der Waals surface area (Å²) in [5.74, 6) is -1.20. The number of likely N-dealkylation sites (tertiary alicyclic amines) is 2. The number of hydrogen-bond acceptors (Lipinski definition) is 3. The van der Waals surface area contributed by atoms with Gasteiger partial charge in [-0.2, -0.15) is 0 Å². The maximum atomic E-state index is 12.3. The van der Waals surface area contributed by atoms with Gasteiger partial charge in [-0.25, -0.2) is 4.79 Å². The number of carboxylic acid groups (broad SMARTS) is 1. The van der Waals surface area contributed by atoms with Gasteiger partial charge in [-0.05, 0) is 25.2 Å². The van der Waals surface area contributed by atoms with Gasteiger partial charge in [0.1, 0.15) is 0 Å². The molecule has 0 spiro atoms. The second-order valence-corrected chi connectivity index (χ2v) is 5.64. The lowest BCUT2D eigenvalue weighted by atomic mass is 9.94. The van der Waals surface area contributed by atoms with E-state index >= 15 is 0 Å². The molecule has 3 amide bonds. The highest BCUT2D eigenvalue weighted by Crippen LogP contribution is 2.23. The second kappa shape index (κ2) is 6.11. The number of rotatable bonds is 3. The third kappa shape index (κ3) is 3.40. The van der Waals surface area contributed by atoms with E-state index < -0.39 is 5.97 Å². The molecule has 0 bridgehead atoms. The number of piperidine rings is 1. The van der Waals surface area contributed by atoms with E-state index in [9.17, 15) is 14.4 Å². The van der Waals surface area contributed by atoms with Gasteiger partial charge >= 0.3 is 12.0 Å². The van der Waals surface area contributed by atoms with E-state index in [2.05, 4.69) is 0 Å². The molecule has 1 atom stereocenters. The summed E-state index contributed by atoms with van der Waals surface area (Å²) in [6.07, 6.45) is 2.27. The molecule has 20 heavy (non-hydrogen) atoms. The van der Waals surface area contributed by atoms with Crippen LogP contribution in [0.5, 0.6) is 0 Å². The van der Waals surface area contributed by atoms with Crippen molar-refractivity contribution in [2.24, 2.45) is 17.6 Å². The van der Waals surface area contributed by atoms with Crippen LogP contribution in [0.1, 0.15) is 25.7 Å². The van der Waals surface area contributed by atoms with Gasteiger partial charge in [-0.15, -0.1) is 0 Å². The van der Waals surface area contributed by atoms with Crippen molar-refractivity contribution in [3.05, 3.63) is 0 Å². The minimum absolute atomic E-state index is 0.0532. The molecule has 3 N–H and O–H groups in total. The van der Waals surface area contributed by atoms with E-state index in [0.717, 1.165) is 12.8 Å². The van der Waals surface area contributed by atoms with Crippen LogP contribution in [0.15, 0.2) is 0 Å². The summed E-state index contributed by atoms with van der Waals surface area (Å²) < 4.78 is 0. The Bertz CT molecular complexity index is 404. The van der Waals surface area contributed by atoms with Crippen LogP contribution in [0, 0.1) is 11.8 Å². The summed E-state index contributed by atoms with van der Waals surface area (Å²) in [4.78, 5) is 37.5. The molecule has 2 heterocycles. The topological polar surface area (TPSA) is 104 Å². The van der Waals surface area contributed by atoms with Crippen molar-refractivity contribution in [1.29, 1.82) is 0 Å². The van der Waals surface area contributed by atoms with Gasteiger partial charge < -0.3 is 20.6 Å². The molecular weight excluding hydrogens is 262 g/mol. The van der Waals surface area contributed by atoms with E-state index in [0.29, 0.717) is 32.6 Å². The molecule has 7 heteroatoms. The largest absolute Gasteiger partial charge is 0.481 e. The number of primary amides is 1. The van der Waals surface area contributed by atoms with E-state index in [-0.39, 0.29) is 30.2 Å². The standard InChI is InChI=1S/C13H21N3O4/c14-12(19)10-3-6-16(8-10)13(20)15-4-1-9(2-5-15)7-11(17)18/h9-10H,1-8H2,(H2,14,19)(H,17,18). The Hall–Kier alpha value is -1.79. The van der Waals surface area contributed by atoms with Crippen LogP contribution in [0.4, 0.5) is 4.79 Å². The maximum Gasteiger partial charge on any atom is 0.320 e. The first-order valence-electron chi connectivity index (χ1n) is 7.02. The smallest absolute Gasteiger partial charge is 0.320 e. The predicted octanol–water partition coefficient (Wildman–Crippen LogP) is 0.100. The molecule has 2 saturated heterocycles. The molecule has 0 aliphatic carbocycles. The highest BCUT2D eigenvalue weighted by atomic mass is 16.4. The SMILES string of the molecule is NC(=O)C1CCN(C(=O)N2CCC(CC(=O)O)CC2)C1. The first kappa shape index (κ1) is 14.6. The molecule has 2 rings (SSSR count). The molecule has 2 fully saturated rings. The fourth-order valence-electron chi connectivity index (χ4n) is 2.94. The van der Waals surface area contributed by atoms with Crippen molar-refractivity contribution in [1.82, 2.24) is 9.80 Å². The molecule has 1 unspecified atom stereocenters. The van der Waals surface area contributed by atoms with Crippen LogP contribution in [0.3, 0.4) is 0 Å². The normalized spacial score (nSPS) is 23.9. The van der Waals surface area contributed by atoms with Crippen molar-refractivity contribution in [2.45, 2.75) is 25.7 Å². The molecule has 7 nitrogen and oxygen atoms in total. The lowest BCUT2D eigenvalue weighted by Crippen LogP contribution is -2.46. The van der Waals surface area contributed by atoms with Crippen molar-refractivity contribution in [3.63, 3.8) is 0 Å². The third-order valence-electron chi connectivity index (χ3n) is 4.21. The second-order valence-electron chi connectivity index (χ2n) is 5.64. The summed E-state index contributed by atoms with van der Waals surface area (Å²) in [7, 11) is 0. The van der Waals surface area contributed by atoms with Crippen molar-refractivity contribution < 1.29 is 19.5 Å². The van der Waals surface area contributed by atoms with Crippen molar-refractivity contribution >= 4 is 17.9 Å². The van der Waals surface area contributed by atoms with Gasteiger partial charge in [-0.3, -0.25) is 9.59 Å². The molecule has 0 aromatic rings. The zero-order valence-electron chi connectivity index (χ0n) is 11.5. The number of amides is 3. The van der Waals surface area contributed by atoms with Crippen LogP contribution in [-0.4, -0.2) is 59.0 Å². The summed E-state index contributed by atoms with van der Waals surface area (Å²) in [6, 6.07) is -0.0532. The number of hydrogen-bond donors (Lipinski definition) is 2. The number of aliphatic carboxylic acids is 1. The number of carbonyl (C=O) groups excluding carboxylic acids is 2. The molecular formula is C13H21N3O4. The minimum atomic E-state index is -0.779. The number of carbonyl (C=O) groups is 3. The minimum Gasteiger partial charge on any atom is -0.481 e. The van der Waals surface area contributed by atoms with Crippen LogP contribution in [0.25, 0.3) is 0 Å². The first-order chi connectivity index (χ1) is 9.47. The summed E-state index contributed by atoms with van der Waals surface area (Å²) in [5.41, 5.74) is 5.26.